The Kier molecular flexibility index (Phi) is 2.28. The molecule has 1 aliphatic heterocycles. The fraction of sp³-hybridized carbons (Fsp3) is 0.750. The molecule has 1 aromatic heterocycles. The van der Waals surface area contributed by atoms with Crippen LogP contribution in [0.15, 0.2) is 0 Å². The van der Waals surface area contributed by atoms with Gasteiger partial charge in [0.05, 0.1) is 6.10 Å². The lowest BCUT2D eigenvalue weighted by atomic mass is 9.96. The first-order valence-electron chi connectivity index (χ1n) is 4.77. The third-order valence-electron chi connectivity index (χ3n) is 2.69. The number of hydrogen-bond acceptors (Lipinski definition) is 5. The normalized spacial score (nSPS) is 28.0. The lowest BCUT2D eigenvalue weighted by molar-refractivity contribution is 0.102. The van der Waals surface area contributed by atoms with E-state index in [1.54, 1.807) is 0 Å². The Hall–Kier alpha value is -1.30. The van der Waals surface area contributed by atoms with E-state index in [4.69, 9.17) is 5.73 Å². The van der Waals surface area contributed by atoms with Crippen molar-refractivity contribution in [3.63, 3.8) is 0 Å². The summed E-state index contributed by atoms with van der Waals surface area (Å²) in [5, 5.41) is 16.2. The quantitative estimate of drug-likeness (QED) is 0.569. The number of piperidine rings is 1. The first-order chi connectivity index (χ1) is 6.66. The Bertz CT molecular complexity index is 312. The van der Waals surface area contributed by atoms with Crippen LogP contribution in [-0.2, 0) is 0 Å². The van der Waals surface area contributed by atoms with Crippen LogP contribution in [-0.4, -0.2) is 39.5 Å². The molecule has 4 N–H and O–H groups in total. The molecule has 2 unspecified atom stereocenters. The average molecular weight is 197 g/mol. The second-order valence-electron chi connectivity index (χ2n) is 3.80. The second-order valence-corrected chi connectivity index (χ2v) is 3.80. The molecule has 1 fully saturated rings. The number of hydrogen-bond donors (Lipinski definition) is 3. The zero-order chi connectivity index (χ0) is 10.1. The summed E-state index contributed by atoms with van der Waals surface area (Å²) in [6.45, 7) is 3.50. The van der Waals surface area contributed by atoms with Crippen molar-refractivity contribution in [1.82, 2.24) is 15.2 Å². The molecular weight excluding hydrogens is 182 g/mol. The van der Waals surface area contributed by atoms with E-state index in [2.05, 4.69) is 15.2 Å². The number of nitrogens with zero attached hydrogens (tertiary/aromatic N) is 3. The minimum absolute atomic E-state index is 0.302. The number of nitrogen functional groups attached to an aromatic ring is 1. The number of aliphatic hydroxyl groups excluding tert-OH is 1. The van der Waals surface area contributed by atoms with Crippen molar-refractivity contribution in [3.8, 4) is 0 Å². The Morgan fingerprint density at radius 1 is 1.64 bits per heavy atom. The number of aliphatic hydroxyl groups is 1. The highest BCUT2D eigenvalue weighted by molar-refractivity contribution is 5.34. The molecule has 0 amide bonds. The summed E-state index contributed by atoms with van der Waals surface area (Å²) in [5.41, 5.74) is 5.43. The molecule has 1 saturated heterocycles. The molecule has 6 nitrogen and oxygen atoms in total. The predicted molar refractivity (Wildman–Crippen MR) is 52.8 cm³/mol. The lowest BCUT2D eigenvalue weighted by Crippen LogP contribution is -2.43. The molecule has 6 heteroatoms. The number of rotatable bonds is 1. The molecule has 14 heavy (non-hydrogen) atoms. The fourth-order valence-electron chi connectivity index (χ4n) is 1.64. The zero-order valence-electron chi connectivity index (χ0n) is 8.14. The molecule has 2 heterocycles. The topological polar surface area (TPSA) is 91.1 Å². The van der Waals surface area contributed by atoms with Crippen molar-refractivity contribution in [2.75, 3.05) is 23.7 Å². The molecule has 0 bridgehead atoms. The van der Waals surface area contributed by atoms with E-state index in [9.17, 15) is 5.11 Å². The molecule has 0 radical (unpaired) electrons. The molecule has 0 spiro atoms. The monoisotopic (exact) mass is 197 g/mol. The third-order valence-corrected chi connectivity index (χ3v) is 2.69. The van der Waals surface area contributed by atoms with Gasteiger partial charge >= 0.3 is 0 Å². The van der Waals surface area contributed by atoms with Crippen LogP contribution in [0.2, 0.25) is 0 Å². The van der Waals surface area contributed by atoms with Gasteiger partial charge in [-0.05, 0) is 12.3 Å². The van der Waals surface area contributed by atoms with Crippen molar-refractivity contribution in [2.45, 2.75) is 19.4 Å². The summed E-state index contributed by atoms with van der Waals surface area (Å²) in [4.78, 5) is 5.96. The fourth-order valence-corrected chi connectivity index (χ4v) is 1.64. The van der Waals surface area contributed by atoms with Gasteiger partial charge in [0, 0.05) is 13.1 Å². The average Bonchev–Trinajstić information content (AvgIpc) is 2.57. The predicted octanol–water partition coefficient (Wildman–Crippen LogP) is -0.406. The van der Waals surface area contributed by atoms with Crippen LogP contribution in [0.4, 0.5) is 11.9 Å². The number of anilines is 2. The number of β-amino-alcohol motifs (C(OH)–C–C–N with tert-alkyl or cyclic N) is 1. The van der Waals surface area contributed by atoms with Gasteiger partial charge in [0.15, 0.2) is 0 Å². The Balaban J connectivity index is 2.06. The number of aromatic nitrogens is 3. The van der Waals surface area contributed by atoms with Crippen LogP contribution in [0.5, 0.6) is 0 Å². The highest BCUT2D eigenvalue weighted by Crippen LogP contribution is 2.20. The highest BCUT2D eigenvalue weighted by Gasteiger charge is 2.26. The van der Waals surface area contributed by atoms with Crippen molar-refractivity contribution in [3.05, 3.63) is 0 Å². The number of aromatic amines is 1. The van der Waals surface area contributed by atoms with E-state index in [1.807, 2.05) is 11.8 Å². The standard InChI is InChI=1S/C8H15N5O/c1-5-2-3-13(4-6(5)14)8-10-7(9)11-12-8/h5-6,14H,2-4H2,1H3,(H3,9,10,11,12). The van der Waals surface area contributed by atoms with Crippen LogP contribution in [0.3, 0.4) is 0 Å². The molecule has 1 aromatic rings. The molecular formula is C8H15N5O. The maximum Gasteiger partial charge on any atom is 0.246 e. The molecule has 0 aliphatic carbocycles. The summed E-state index contributed by atoms with van der Waals surface area (Å²) < 4.78 is 0. The van der Waals surface area contributed by atoms with Crippen LogP contribution in [0.25, 0.3) is 0 Å². The van der Waals surface area contributed by atoms with Crippen molar-refractivity contribution >= 4 is 11.9 Å². The van der Waals surface area contributed by atoms with Crippen LogP contribution in [0, 0.1) is 5.92 Å². The molecule has 2 atom stereocenters. The van der Waals surface area contributed by atoms with E-state index < -0.39 is 0 Å². The van der Waals surface area contributed by atoms with E-state index >= 15 is 0 Å². The minimum Gasteiger partial charge on any atom is -0.391 e. The largest absolute Gasteiger partial charge is 0.391 e. The van der Waals surface area contributed by atoms with Crippen LogP contribution >= 0.6 is 0 Å². The van der Waals surface area contributed by atoms with Gasteiger partial charge in [0.2, 0.25) is 11.9 Å². The van der Waals surface area contributed by atoms with E-state index in [1.165, 1.54) is 0 Å². The smallest absolute Gasteiger partial charge is 0.246 e. The van der Waals surface area contributed by atoms with Crippen molar-refractivity contribution in [2.24, 2.45) is 5.92 Å². The van der Waals surface area contributed by atoms with Crippen LogP contribution in [0.1, 0.15) is 13.3 Å². The summed E-state index contributed by atoms with van der Waals surface area (Å²) >= 11 is 0. The molecule has 0 saturated carbocycles. The Labute approximate surface area is 82.1 Å². The molecule has 2 rings (SSSR count). The molecule has 78 valence electrons. The van der Waals surface area contributed by atoms with Gasteiger partial charge in [-0.1, -0.05) is 6.92 Å². The Morgan fingerprint density at radius 3 is 3.00 bits per heavy atom. The third kappa shape index (κ3) is 1.65. The van der Waals surface area contributed by atoms with Gasteiger partial charge < -0.3 is 15.7 Å². The van der Waals surface area contributed by atoms with E-state index in [0.29, 0.717) is 24.4 Å². The highest BCUT2D eigenvalue weighted by atomic mass is 16.3. The number of H-pyrrole nitrogens is 1. The molecule has 1 aliphatic rings. The zero-order valence-corrected chi connectivity index (χ0v) is 8.14. The summed E-state index contributed by atoms with van der Waals surface area (Å²) in [6.07, 6.45) is 0.652. The van der Waals surface area contributed by atoms with Gasteiger partial charge in [-0.15, -0.1) is 5.10 Å². The SMILES string of the molecule is CC1CCN(c2n[nH]c(N)n2)CC1O. The van der Waals surface area contributed by atoms with Crippen molar-refractivity contribution in [1.29, 1.82) is 0 Å². The summed E-state index contributed by atoms with van der Waals surface area (Å²) in [7, 11) is 0. The summed E-state index contributed by atoms with van der Waals surface area (Å²) in [5.74, 6) is 1.24. The first-order valence-corrected chi connectivity index (χ1v) is 4.77. The maximum atomic E-state index is 9.68. The van der Waals surface area contributed by atoms with E-state index in [0.717, 1.165) is 13.0 Å². The van der Waals surface area contributed by atoms with Crippen molar-refractivity contribution < 1.29 is 5.11 Å². The van der Waals surface area contributed by atoms with Gasteiger partial charge in [0.25, 0.3) is 0 Å². The van der Waals surface area contributed by atoms with Gasteiger partial charge in [-0.3, -0.25) is 0 Å². The van der Waals surface area contributed by atoms with Gasteiger partial charge in [-0.2, -0.15) is 4.98 Å². The molecule has 0 aromatic carbocycles. The van der Waals surface area contributed by atoms with Gasteiger partial charge in [-0.25, -0.2) is 5.10 Å². The van der Waals surface area contributed by atoms with E-state index in [-0.39, 0.29) is 6.10 Å². The minimum atomic E-state index is -0.302. The lowest BCUT2D eigenvalue weighted by Gasteiger charge is -2.33. The maximum absolute atomic E-state index is 9.68. The van der Waals surface area contributed by atoms with Gasteiger partial charge in [0.1, 0.15) is 0 Å². The summed E-state index contributed by atoms with van der Waals surface area (Å²) in [6, 6.07) is 0. The number of nitrogens with two attached hydrogens (primary N) is 1. The Morgan fingerprint density at radius 2 is 2.43 bits per heavy atom. The second kappa shape index (κ2) is 3.45. The first kappa shape index (κ1) is 9.26. The number of nitrogens with one attached hydrogen (secondary N) is 1. The van der Waals surface area contributed by atoms with Crippen LogP contribution < -0.4 is 10.6 Å².